The summed E-state index contributed by atoms with van der Waals surface area (Å²) in [5.41, 5.74) is 3.51. The molecule has 0 radical (unpaired) electrons. The molecule has 41 heavy (non-hydrogen) atoms. The van der Waals surface area contributed by atoms with Crippen LogP contribution in [0, 0.1) is 21.4 Å². The minimum absolute atomic E-state index is 0.0408. The fourth-order valence-corrected chi connectivity index (χ4v) is 4.57. The second-order valence-electron chi connectivity index (χ2n) is 8.78. The first-order valence-corrected chi connectivity index (χ1v) is 13.5. The molecule has 8 nitrogen and oxygen atoms in total. The zero-order valence-electron chi connectivity index (χ0n) is 22.5. The van der Waals surface area contributed by atoms with Gasteiger partial charge in [-0.05, 0) is 87.6 Å². The Hall–Kier alpha value is -4.81. The fourth-order valence-electron chi connectivity index (χ4n) is 4.00. The van der Waals surface area contributed by atoms with E-state index < -0.39 is 4.92 Å². The average molecular weight is 615 g/mol. The lowest BCUT2D eigenvalue weighted by Crippen LogP contribution is -2.02. The van der Waals surface area contributed by atoms with Gasteiger partial charge in [0.2, 0.25) is 0 Å². The van der Waals surface area contributed by atoms with Crippen molar-refractivity contribution in [3.05, 3.63) is 122 Å². The summed E-state index contributed by atoms with van der Waals surface area (Å²) in [5.74, 6) is 2.25. The van der Waals surface area contributed by atoms with Gasteiger partial charge in [0.1, 0.15) is 13.2 Å². The Labute approximate surface area is 246 Å². The monoisotopic (exact) mass is 614 g/mol. The summed E-state index contributed by atoms with van der Waals surface area (Å²) in [6.07, 6.45) is 1.69. The van der Waals surface area contributed by atoms with E-state index in [2.05, 4.69) is 22.0 Å². The molecular weight excluding hydrogens is 588 g/mol. The number of hydrogen-bond acceptors (Lipinski definition) is 7. The van der Waals surface area contributed by atoms with Crippen LogP contribution in [0.3, 0.4) is 0 Å². The first-order valence-electron chi connectivity index (χ1n) is 12.7. The fraction of sp³-hybridized carbons (Fsp3) is 0.156. The second kappa shape index (κ2) is 14.0. The average Bonchev–Trinajstić information content (AvgIpc) is 2.99. The minimum atomic E-state index is -0.478. The predicted octanol–water partition coefficient (Wildman–Crippen LogP) is 7.99. The normalized spacial score (nSPS) is 10.9. The van der Waals surface area contributed by atoms with Gasteiger partial charge in [0.15, 0.2) is 23.0 Å². The highest BCUT2D eigenvalue weighted by atomic mass is 79.9. The van der Waals surface area contributed by atoms with E-state index in [1.807, 2.05) is 61.5 Å². The van der Waals surface area contributed by atoms with Crippen molar-refractivity contribution in [2.75, 3.05) is 13.7 Å². The third kappa shape index (κ3) is 7.65. The lowest BCUT2D eigenvalue weighted by atomic mass is 10.0. The van der Waals surface area contributed by atoms with Crippen LogP contribution in [0.5, 0.6) is 23.0 Å². The van der Waals surface area contributed by atoms with E-state index in [1.165, 1.54) is 12.1 Å². The quantitative estimate of drug-likeness (QED) is 0.0689. The molecule has 0 heterocycles. The third-order valence-electron chi connectivity index (χ3n) is 6.00. The molecule has 208 valence electrons. The number of nitrogens with zero attached hydrogens (tertiary/aromatic N) is 2. The van der Waals surface area contributed by atoms with Crippen molar-refractivity contribution in [3.8, 4) is 29.1 Å². The van der Waals surface area contributed by atoms with E-state index in [9.17, 15) is 15.4 Å². The highest BCUT2D eigenvalue weighted by Crippen LogP contribution is 2.39. The van der Waals surface area contributed by atoms with Crippen molar-refractivity contribution in [2.24, 2.45) is 0 Å². The number of rotatable bonds is 12. The molecule has 0 N–H and O–H groups in total. The topological polar surface area (TPSA) is 104 Å². The predicted molar refractivity (Wildman–Crippen MR) is 160 cm³/mol. The van der Waals surface area contributed by atoms with E-state index in [4.69, 9.17) is 18.9 Å². The Morgan fingerprint density at radius 2 is 1.63 bits per heavy atom. The van der Waals surface area contributed by atoms with E-state index >= 15 is 0 Å². The number of nitriles is 1. The maximum Gasteiger partial charge on any atom is 0.269 e. The molecular formula is C32H27BrN2O6. The van der Waals surface area contributed by atoms with Gasteiger partial charge in [-0.25, -0.2) is 0 Å². The van der Waals surface area contributed by atoms with Crippen LogP contribution in [0.4, 0.5) is 5.69 Å². The zero-order chi connectivity index (χ0) is 29.2. The maximum atomic E-state index is 11.0. The highest BCUT2D eigenvalue weighted by Gasteiger charge is 2.15. The molecule has 0 aliphatic carbocycles. The van der Waals surface area contributed by atoms with Crippen LogP contribution in [0.25, 0.3) is 11.6 Å². The Morgan fingerprint density at radius 3 is 2.29 bits per heavy atom. The Balaban J connectivity index is 1.52. The molecule has 0 spiro atoms. The molecule has 0 aliphatic heterocycles. The van der Waals surface area contributed by atoms with Gasteiger partial charge in [-0.15, -0.1) is 0 Å². The third-order valence-corrected chi connectivity index (χ3v) is 6.59. The number of allylic oxidation sites excluding steroid dienone is 1. The standard InChI is InChI=1S/C32H27BrN2O6/c1-3-39-31-18-24(15-26(19-34)25-10-12-27(13-11-25)35(36)37)16-28(33)32(31)41-21-23-9-14-29(30(17-23)38-2)40-20-22-7-5-4-6-8-22/h4-18H,3,20-21H2,1-2H3/b26-15+. The molecule has 0 saturated carbocycles. The molecule has 4 aromatic rings. The molecule has 0 fully saturated rings. The lowest BCUT2D eigenvalue weighted by Gasteiger charge is -2.16. The minimum Gasteiger partial charge on any atom is -0.493 e. The molecule has 0 unspecified atom stereocenters. The number of halogens is 1. The molecule has 9 heteroatoms. The molecule has 4 rings (SSSR count). The lowest BCUT2D eigenvalue weighted by molar-refractivity contribution is -0.384. The smallest absolute Gasteiger partial charge is 0.269 e. The maximum absolute atomic E-state index is 11.0. The van der Waals surface area contributed by atoms with Gasteiger partial charge in [-0.1, -0.05) is 36.4 Å². The van der Waals surface area contributed by atoms with Crippen molar-refractivity contribution in [1.82, 2.24) is 0 Å². The molecule has 0 aliphatic rings. The van der Waals surface area contributed by atoms with Crippen LogP contribution >= 0.6 is 15.9 Å². The number of methoxy groups -OCH3 is 1. The Bertz CT molecular complexity index is 1580. The first-order chi connectivity index (χ1) is 19.9. The van der Waals surface area contributed by atoms with Crippen LogP contribution in [-0.2, 0) is 13.2 Å². The number of ether oxygens (including phenoxy) is 4. The van der Waals surface area contributed by atoms with Crippen LogP contribution in [0.2, 0.25) is 0 Å². The SMILES string of the molecule is CCOc1cc(/C=C(\C#N)c2ccc([N+](=O)[O-])cc2)cc(Br)c1OCc1ccc(OCc2ccccc2)c(OC)c1. The summed E-state index contributed by atoms with van der Waals surface area (Å²) >= 11 is 3.58. The molecule has 0 atom stereocenters. The van der Waals surface area contributed by atoms with Gasteiger partial charge in [0.05, 0.1) is 34.8 Å². The van der Waals surface area contributed by atoms with Gasteiger partial charge in [0, 0.05) is 12.1 Å². The van der Waals surface area contributed by atoms with Gasteiger partial charge >= 0.3 is 0 Å². The van der Waals surface area contributed by atoms with Crippen LogP contribution in [0.15, 0.2) is 89.4 Å². The van der Waals surface area contributed by atoms with E-state index in [1.54, 1.807) is 31.4 Å². The summed E-state index contributed by atoms with van der Waals surface area (Å²) in [6, 6.07) is 27.2. The Kier molecular flexibility index (Phi) is 9.97. The summed E-state index contributed by atoms with van der Waals surface area (Å²) in [5, 5.41) is 20.7. The number of hydrogen-bond donors (Lipinski definition) is 0. The molecule has 0 aromatic heterocycles. The van der Waals surface area contributed by atoms with Gasteiger partial charge in [0.25, 0.3) is 5.69 Å². The summed E-state index contributed by atoms with van der Waals surface area (Å²) in [4.78, 5) is 10.5. The Morgan fingerprint density at radius 1 is 0.902 bits per heavy atom. The van der Waals surface area contributed by atoms with Crippen molar-refractivity contribution in [3.63, 3.8) is 0 Å². The molecule has 0 saturated heterocycles. The summed E-state index contributed by atoms with van der Waals surface area (Å²) < 4.78 is 24.2. The van der Waals surface area contributed by atoms with Crippen molar-refractivity contribution in [1.29, 1.82) is 5.26 Å². The second-order valence-corrected chi connectivity index (χ2v) is 9.64. The number of non-ortho nitro benzene ring substituents is 1. The van der Waals surface area contributed by atoms with Crippen molar-refractivity contribution < 1.29 is 23.9 Å². The van der Waals surface area contributed by atoms with Crippen molar-refractivity contribution >= 4 is 33.3 Å². The number of benzene rings is 4. The largest absolute Gasteiger partial charge is 0.493 e. The number of nitro benzene ring substituents is 1. The zero-order valence-corrected chi connectivity index (χ0v) is 24.1. The van der Waals surface area contributed by atoms with Gasteiger partial charge in [-0.3, -0.25) is 10.1 Å². The van der Waals surface area contributed by atoms with E-state index in [0.717, 1.165) is 11.1 Å². The molecule has 4 aromatic carbocycles. The molecule has 0 bridgehead atoms. The van der Waals surface area contributed by atoms with E-state index in [-0.39, 0.29) is 12.3 Å². The molecule has 0 amide bonds. The first kappa shape index (κ1) is 29.2. The van der Waals surface area contributed by atoms with Gasteiger partial charge in [-0.2, -0.15) is 5.26 Å². The van der Waals surface area contributed by atoms with Gasteiger partial charge < -0.3 is 18.9 Å². The summed E-state index contributed by atoms with van der Waals surface area (Å²) in [7, 11) is 1.59. The van der Waals surface area contributed by atoms with E-state index in [0.29, 0.717) is 57.4 Å². The summed E-state index contributed by atoms with van der Waals surface area (Å²) in [6.45, 7) is 2.95. The van der Waals surface area contributed by atoms with Crippen LogP contribution < -0.4 is 18.9 Å². The highest BCUT2D eigenvalue weighted by molar-refractivity contribution is 9.10. The van der Waals surface area contributed by atoms with Crippen molar-refractivity contribution in [2.45, 2.75) is 20.1 Å². The van der Waals surface area contributed by atoms with Crippen LogP contribution in [0.1, 0.15) is 29.2 Å². The van der Waals surface area contributed by atoms with Crippen LogP contribution in [-0.4, -0.2) is 18.6 Å². The number of nitro groups is 1.